The number of rotatable bonds is 4. The molecule has 0 aliphatic heterocycles. The number of hydrogen-bond donors (Lipinski definition) is 1. The summed E-state index contributed by atoms with van der Waals surface area (Å²) >= 11 is 1.60. The predicted octanol–water partition coefficient (Wildman–Crippen LogP) is 3.07. The molecule has 0 atom stereocenters. The van der Waals surface area contributed by atoms with Crippen molar-refractivity contribution in [1.82, 2.24) is 9.97 Å². The molecule has 2 aromatic rings. The van der Waals surface area contributed by atoms with Crippen molar-refractivity contribution < 1.29 is 4.42 Å². The van der Waals surface area contributed by atoms with Crippen LogP contribution in [-0.4, -0.2) is 9.97 Å². The summed E-state index contributed by atoms with van der Waals surface area (Å²) in [7, 11) is 0. The fourth-order valence-electron chi connectivity index (χ4n) is 1.33. The normalized spacial score (nSPS) is 11.0. The van der Waals surface area contributed by atoms with Gasteiger partial charge in [-0.05, 0) is 12.1 Å². The standard InChI is InChI=1S/C12H15N3OS/c1-8(2)12-14-10(13)6-11(15-12)17-7-9-4-3-5-16-9/h3-6,8H,7H2,1-2H3,(H2,13,14,15). The molecule has 0 aliphatic carbocycles. The van der Waals surface area contributed by atoms with Crippen LogP contribution in [0.15, 0.2) is 33.9 Å². The zero-order valence-electron chi connectivity index (χ0n) is 9.88. The lowest BCUT2D eigenvalue weighted by Gasteiger charge is -2.07. The van der Waals surface area contributed by atoms with Crippen LogP contribution in [-0.2, 0) is 5.75 Å². The highest BCUT2D eigenvalue weighted by molar-refractivity contribution is 7.98. The van der Waals surface area contributed by atoms with Crippen molar-refractivity contribution in [2.45, 2.75) is 30.5 Å². The molecule has 2 N–H and O–H groups in total. The Labute approximate surface area is 105 Å². The van der Waals surface area contributed by atoms with Crippen LogP contribution in [0.5, 0.6) is 0 Å². The van der Waals surface area contributed by atoms with E-state index in [2.05, 4.69) is 23.8 Å². The molecule has 0 unspecified atom stereocenters. The van der Waals surface area contributed by atoms with Crippen molar-refractivity contribution >= 4 is 17.6 Å². The van der Waals surface area contributed by atoms with Crippen LogP contribution >= 0.6 is 11.8 Å². The van der Waals surface area contributed by atoms with Gasteiger partial charge in [0.05, 0.1) is 12.0 Å². The second-order valence-corrected chi connectivity index (χ2v) is 5.01. The maximum Gasteiger partial charge on any atom is 0.134 e. The van der Waals surface area contributed by atoms with Crippen LogP contribution in [0.4, 0.5) is 5.82 Å². The molecule has 2 aromatic heterocycles. The summed E-state index contributed by atoms with van der Waals surface area (Å²) in [6, 6.07) is 5.62. The van der Waals surface area contributed by atoms with Crippen LogP contribution in [0, 0.1) is 0 Å². The molecule has 0 amide bonds. The average molecular weight is 249 g/mol. The first-order valence-electron chi connectivity index (χ1n) is 5.45. The Morgan fingerprint density at radius 3 is 2.88 bits per heavy atom. The van der Waals surface area contributed by atoms with Crippen LogP contribution < -0.4 is 5.73 Å². The number of furan rings is 1. The number of nitrogen functional groups attached to an aromatic ring is 1. The highest BCUT2D eigenvalue weighted by atomic mass is 32.2. The first-order valence-corrected chi connectivity index (χ1v) is 6.43. The lowest BCUT2D eigenvalue weighted by Crippen LogP contribution is -2.02. The molecular formula is C12H15N3OS. The van der Waals surface area contributed by atoms with Crippen LogP contribution in [0.2, 0.25) is 0 Å². The Morgan fingerprint density at radius 1 is 1.41 bits per heavy atom. The van der Waals surface area contributed by atoms with Gasteiger partial charge in [-0.3, -0.25) is 0 Å². The molecular weight excluding hydrogens is 234 g/mol. The summed E-state index contributed by atoms with van der Waals surface area (Å²) in [6.07, 6.45) is 1.67. The summed E-state index contributed by atoms with van der Waals surface area (Å²) in [4.78, 5) is 8.67. The van der Waals surface area contributed by atoms with Gasteiger partial charge in [-0.25, -0.2) is 9.97 Å². The quantitative estimate of drug-likeness (QED) is 0.666. The highest BCUT2D eigenvalue weighted by Gasteiger charge is 2.07. The van der Waals surface area contributed by atoms with E-state index < -0.39 is 0 Å². The van der Waals surface area contributed by atoms with E-state index in [1.807, 2.05) is 12.1 Å². The van der Waals surface area contributed by atoms with E-state index in [0.29, 0.717) is 5.82 Å². The van der Waals surface area contributed by atoms with E-state index in [1.165, 1.54) is 0 Å². The molecule has 0 saturated carbocycles. The largest absolute Gasteiger partial charge is 0.468 e. The zero-order chi connectivity index (χ0) is 12.3. The number of nitrogens with two attached hydrogens (primary N) is 1. The molecule has 0 saturated heterocycles. The predicted molar refractivity (Wildman–Crippen MR) is 68.8 cm³/mol. The molecule has 2 rings (SSSR count). The van der Waals surface area contributed by atoms with Crippen molar-refractivity contribution in [2.24, 2.45) is 0 Å². The second kappa shape index (κ2) is 5.23. The van der Waals surface area contributed by atoms with Crippen molar-refractivity contribution in [1.29, 1.82) is 0 Å². The number of hydrogen-bond acceptors (Lipinski definition) is 5. The first kappa shape index (κ1) is 12.0. The Morgan fingerprint density at radius 2 is 2.24 bits per heavy atom. The maximum absolute atomic E-state index is 5.76. The Balaban J connectivity index is 2.10. The fraction of sp³-hybridized carbons (Fsp3) is 0.333. The van der Waals surface area contributed by atoms with E-state index in [9.17, 15) is 0 Å². The minimum atomic E-state index is 0.279. The summed E-state index contributed by atoms with van der Waals surface area (Å²) in [5.41, 5.74) is 5.76. The Bertz CT molecular complexity index is 483. The molecule has 0 fully saturated rings. The van der Waals surface area contributed by atoms with Gasteiger partial charge < -0.3 is 10.2 Å². The molecule has 4 nitrogen and oxygen atoms in total. The van der Waals surface area contributed by atoms with E-state index in [4.69, 9.17) is 10.2 Å². The van der Waals surface area contributed by atoms with Gasteiger partial charge in [0.2, 0.25) is 0 Å². The molecule has 90 valence electrons. The SMILES string of the molecule is CC(C)c1nc(N)cc(SCc2ccco2)n1. The third kappa shape index (κ3) is 3.23. The van der Waals surface area contributed by atoms with Gasteiger partial charge >= 0.3 is 0 Å². The summed E-state index contributed by atoms with van der Waals surface area (Å²) in [5, 5.41) is 0.887. The maximum atomic E-state index is 5.76. The van der Waals surface area contributed by atoms with Gasteiger partial charge in [-0.1, -0.05) is 25.6 Å². The molecule has 0 bridgehead atoms. The monoisotopic (exact) mass is 249 g/mol. The fourth-order valence-corrected chi connectivity index (χ4v) is 2.15. The molecule has 0 radical (unpaired) electrons. The van der Waals surface area contributed by atoms with Crippen molar-refractivity contribution in [3.63, 3.8) is 0 Å². The number of thioether (sulfide) groups is 1. The van der Waals surface area contributed by atoms with Crippen molar-refractivity contribution in [3.05, 3.63) is 36.0 Å². The van der Waals surface area contributed by atoms with E-state index >= 15 is 0 Å². The van der Waals surface area contributed by atoms with Crippen LogP contribution in [0.3, 0.4) is 0 Å². The smallest absolute Gasteiger partial charge is 0.134 e. The third-order valence-corrected chi connectivity index (χ3v) is 3.13. The third-order valence-electron chi connectivity index (χ3n) is 2.20. The lowest BCUT2D eigenvalue weighted by molar-refractivity contribution is 0.530. The van der Waals surface area contributed by atoms with E-state index in [1.54, 1.807) is 24.1 Å². The minimum absolute atomic E-state index is 0.279. The number of nitrogens with zero attached hydrogens (tertiary/aromatic N) is 2. The molecule has 0 spiro atoms. The Hall–Kier alpha value is -1.49. The summed E-state index contributed by atoms with van der Waals surface area (Å²) in [5.74, 6) is 3.26. The minimum Gasteiger partial charge on any atom is -0.468 e. The van der Waals surface area contributed by atoms with Gasteiger partial charge in [0.1, 0.15) is 22.4 Å². The molecule has 17 heavy (non-hydrogen) atoms. The molecule has 2 heterocycles. The van der Waals surface area contributed by atoms with Gasteiger partial charge in [-0.15, -0.1) is 0 Å². The van der Waals surface area contributed by atoms with Gasteiger partial charge in [0, 0.05) is 12.0 Å². The summed E-state index contributed by atoms with van der Waals surface area (Å²) in [6.45, 7) is 4.10. The van der Waals surface area contributed by atoms with Crippen LogP contribution in [0.25, 0.3) is 0 Å². The number of aromatic nitrogens is 2. The molecule has 0 aliphatic rings. The lowest BCUT2D eigenvalue weighted by atomic mass is 10.2. The molecule has 0 aromatic carbocycles. The highest BCUT2D eigenvalue weighted by Crippen LogP contribution is 2.24. The van der Waals surface area contributed by atoms with Gasteiger partial charge in [-0.2, -0.15) is 0 Å². The van der Waals surface area contributed by atoms with E-state index in [-0.39, 0.29) is 5.92 Å². The van der Waals surface area contributed by atoms with Gasteiger partial charge in [0.25, 0.3) is 0 Å². The second-order valence-electron chi connectivity index (χ2n) is 4.01. The average Bonchev–Trinajstić information content (AvgIpc) is 2.78. The van der Waals surface area contributed by atoms with Crippen molar-refractivity contribution in [3.8, 4) is 0 Å². The number of anilines is 1. The zero-order valence-corrected chi connectivity index (χ0v) is 10.7. The summed E-state index contributed by atoms with van der Waals surface area (Å²) < 4.78 is 5.27. The van der Waals surface area contributed by atoms with E-state index in [0.717, 1.165) is 22.4 Å². The van der Waals surface area contributed by atoms with Crippen LogP contribution in [0.1, 0.15) is 31.4 Å². The Kier molecular flexibility index (Phi) is 3.68. The van der Waals surface area contributed by atoms with Crippen molar-refractivity contribution in [2.75, 3.05) is 5.73 Å². The van der Waals surface area contributed by atoms with Gasteiger partial charge in [0.15, 0.2) is 0 Å². The molecule has 5 heteroatoms. The topological polar surface area (TPSA) is 64.9 Å². The first-order chi connectivity index (χ1) is 8.15.